The molecule has 65 heavy (non-hydrogen) atoms. The van der Waals surface area contributed by atoms with Gasteiger partial charge in [-0.25, -0.2) is 13.9 Å². The standard InChI is InChI=1S/C44H77N3O16P2/c1-4-5-18-24-35-36(61-35)25-20-15-11-7-9-13-17-22-27-40(49)60-34(30-57-39(48)26-21-16-12-8-6-10-14-19-23-33(2)3)31-58-64(53,54)63-65(55,56)59-32-37-41(50)42(51)43(62-37)47-29-28-38(45)46-44(47)52/h15,20,28-29,33-37,41-43,50-51H,4-14,16-19,21-27,30-32H2,1-3H3,(H,53,54)(H,55,56)(H2,45,46,52)/b20-15-/t34-,35?,36?,37-,41-,42-,43-/m1/s1. The first-order valence-electron chi connectivity index (χ1n) is 23.7. The average molecular weight is 966 g/mol. The summed E-state index contributed by atoms with van der Waals surface area (Å²) in [5.74, 6) is -0.596. The lowest BCUT2D eigenvalue weighted by Crippen LogP contribution is -2.36. The van der Waals surface area contributed by atoms with Gasteiger partial charge in [-0.2, -0.15) is 9.29 Å². The van der Waals surface area contributed by atoms with Gasteiger partial charge < -0.3 is 44.7 Å². The number of hydrogen-bond donors (Lipinski definition) is 5. The van der Waals surface area contributed by atoms with Crippen LogP contribution in [0.5, 0.6) is 0 Å². The number of ether oxygens (including phenoxy) is 4. The Morgan fingerprint density at radius 1 is 0.800 bits per heavy atom. The highest BCUT2D eigenvalue weighted by Crippen LogP contribution is 2.60. The molecule has 4 unspecified atom stereocenters. The van der Waals surface area contributed by atoms with Crippen LogP contribution in [0, 0.1) is 5.92 Å². The molecule has 3 heterocycles. The van der Waals surface area contributed by atoms with Crippen LogP contribution in [-0.4, -0.2) is 97.9 Å². The molecule has 0 bridgehead atoms. The molecule has 0 radical (unpaired) electrons. The van der Waals surface area contributed by atoms with Gasteiger partial charge in [0.15, 0.2) is 12.3 Å². The fraction of sp³-hybridized carbons (Fsp3) is 0.818. The molecule has 21 heteroatoms. The van der Waals surface area contributed by atoms with E-state index in [1.165, 1.54) is 51.0 Å². The molecule has 0 aromatic carbocycles. The van der Waals surface area contributed by atoms with Gasteiger partial charge in [0, 0.05) is 19.0 Å². The Kier molecular flexibility index (Phi) is 26.9. The van der Waals surface area contributed by atoms with Crippen LogP contribution in [0.3, 0.4) is 0 Å². The van der Waals surface area contributed by atoms with Crippen LogP contribution in [0.15, 0.2) is 29.2 Å². The van der Waals surface area contributed by atoms with Crippen molar-refractivity contribution in [2.45, 2.75) is 205 Å². The second-order valence-corrected chi connectivity index (χ2v) is 20.5. The predicted octanol–water partition coefficient (Wildman–Crippen LogP) is 7.73. The van der Waals surface area contributed by atoms with Gasteiger partial charge in [0.1, 0.15) is 30.7 Å². The SMILES string of the molecule is CCCCCC1OC1C/C=C\CCCCCCCC(=O)O[C@H](COC(=O)CCCCCCCCCCC(C)C)COP(=O)(O)OP(=O)(O)OC[C@H]1O[C@@H](n2ccc(N)nc2=O)[C@H](O)[C@@H]1O. The first-order chi connectivity index (χ1) is 31.0. The van der Waals surface area contributed by atoms with E-state index < -0.39 is 83.7 Å². The largest absolute Gasteiger partial charge is 0.481 e. The van der Waals surface area contributed by atoms with Gasteiger partial charge in [0.05, 0.1) is 25.4 Å². The van der Waals surface area contributed by atoms with Crippen molar-refractivity contribution >= 4 is 33.4 Å². The number of aliphatic hydroxyl groups excluding tert-OH is 2. The van der Waals surface area contributed by atoms with Crippen LogP contribution in [0.2, 0.25) is 0 Å². The number of carbonyl (C=O) groups excluding carboxylic acids is 2. The van der Waals surface area contributed by atoms with E-state index in [1.54, 1.807) is 0 Å². The van der Waals surface area contributed by atoms with E-state index in [1.807, 2.05) is 0 Å². The number of nitrogens with two attached hydrogens (primary N) is 1. The highest BCUT2D eigenvalue weighted by atomic mass is 31.3. The summed E-state index contributed by atoms with van der Waals surface area (Å²) in [5.41, 5.74) is 4.58. The van der Waals surface area contributed by atoms with Crippen molar-refractivity contribution in [2.24, 2.45) is 5.92 Å². The molecule has 0 spiro atoms. The predicted molar refractivity (Wildman–Crippen MR) is 242 cm³/mol. The van der Waals surface area contributed by atoms with Crippen molar-refractivity contribution in [1.29, 1.82) is 0 Å². The number of hydrogen-bond acceptors (Lipinski definition) is 16. The summed E-state index contributed by atoms with van der Waals surface area (Å²) in [7, 11) is -10.8. The summed E-state index contributed by atoms with van der Waals surface area (Å²) in [6.45, 7) is 4.34. The van der Waals surface area contributed by atoms with Gasteiger partial charge in [-0.05, 0) is 50.5 Å². The van der Waals surface area contributed by atoms with Crippen LogP contribution in [-0.2, 0) is 51.0 Å². The van der Waals surface area contributed by atoms with Crippen molar-refractivity contribution in [3.05, 3.63) is 34.9 Å². The number of unbranched alkanes of at least 4 members (excludes halogenated alkanes) is 14. The summed E-state index contributed by atoms with van der Waals surface area (Å²) in [6.07, 6.45) is 19.2. The van der Waals surface area contributed by atoms with Gasteiger partial charge >= 0.3 is 33.3 Å². The van der Waals surface area contributed by atoms with E-state index in [2.05, 4.69) is 42.2 Å². The van der Waals surface area contributed by atoms with Gasteiger partial charge in [-0.1, -0.05) is 123 Å². The molecule has 0 saturated carbocycles. The number of anilines is 1. The second-order valence-electron chi connectivity index (χ2n) is 17.5. The third kappa shape index (κ3) is 24.4. The van der Waals surface area contributed by atoms with E-state index in [0.717, 1.165) is 87.3 Å². The molecule has 2 aliphatic heterocycles. The number of nitrogen functional groups attached to an aromatic ring is 1. The molecule has 1 aromatic heterocycles. The Morgan fingerprint density at radius 2 is 1.43 bits per heavy atom. The maximum Gasteiger partial charge on any atom is 0.481 e. The van der Waals surface area contributed by atoms with E-state index in [9.17, 15) is 43.5 Å². The number of epoxide rings is 1. The zero-order valence-electron chi connectivity index (χ0n) is 38.7. The van der Waals surface area contributed by atoms with Crippen molar-refractivity contribution < 1.29 is 71.0 Å². The molecule has 9 atom stereocenters. The minimum absolute atomic E-state index is 0.0317. The minimum atomic E-state index is -5.42. The van der Waals surface area contributed by atoms with Gasteiger partial charge in [-0.15, -0.1) is 0 Å². The highest BCUT2D eigenvalue weighted by molar-refractivity contribution is 7.61. The molecular weight excluding hydrogens is 888 g/mol. The van der Waals surface area contributed by atoms with Crippen LogP contribution in [0.4, 0.5) is 5.82 Å². The number of phosphoric acid groups is 2. The Hall–Kier alpha value is -2.54. The Balaban J connectivity index is 1.41. The summed E-state index contributed by atoms with van der Waals surface area (Å²) >= 11 is 0. The number of nitrogens with zero attached hydrogens (tertiary/aromatic N) is 2. The molecular formula is C44H77N3O16P2. The van der Waals surface area contributed by atoms with Crippen molar-refractivity contribution in [2.75, 3.05) is 25.6 Å². The molecule has 0 aliphatic carbocycles. The molecule has 0 amide bonds. The maximum absolute atomic E-state index is 12.8. The van der Waals surface area contributed by atoms with Crippen molar-refractivity contribution in [1.82, 2.24) is 9.55 Å². The fourth-order valence-corrected chi connectivity index (χ4v) is 9.50. The smallest absolute Gasteiger partial charge is 0.462 e. The Labute approximate surface area is 384 Å². The summed E-state index contributed by atoms with van der Waals surface area (Å²) in [4.78, 5) is 61.7. The summed E-state index contributed by atoms with van der Waals surface area (Å²) < 4.78 is 62.4. The van der Waals surface area contributed by atoms with Crippen LogP contribution >= 0.6 is 15.6 Å². The molecule has 374 valence electrons. The third-order valence-electron chi connectivity index (χ3n) is 11.2. The average Bonchev–Trinajstić information content (AvgIpc) is 3.93. The van der Waals surface area contributed by atoms with Crippen molar-refractivity contribution in [3.63, 3.8) is 0 Å². The number of esters is 2. The monoisotopic (exact) mass is 965 g/mol. The lowest BCUT2D eigenvalue weighted by Gasteiger charge is -2.21. The minimum Gasteiger partial charge on any atom is -0.462 e. The Morgan fingerprint density at radius 3 is 2.09 bits per heavy atom. The molecule has 2 aliphatic rings. The summed E-state index contributed by atoms with van der Waals surface area (Å²) in [5, 5.41) is 20.9. The number of allylic oxidation sites excluding steroid dienone is 1. The topological polar surface area (TPSA) is 278 Å². The summed E-state index contributed by atoms with van der Waals surface area (Å²) in [6, 6.07) is 1.25. The number of aliphatic hydroxyl groups is 2. The number of carbonyl (C=O) groups is 2. The number of aromatic nitrogens is 2. The van der Waals surface area contributed by atoms with E-state index >= 15 is 0 Å². The van der Waals surface area contributed by atoms with Crippen LogP contribution in [0.25, 0.3) is 0 Å². The van der Waals surface area contributed by atoms with Crippen molar-refractivity contribution in [3.8, 4) is 0 Å². The van der Waals surface area contributed by atoms with Gasteiger partial charge in [0.25, 0.3) is 0 Å². The van der Waals surface area contributed by atoms with Crippen LogP contribution < -0.4 is 11.4 Å². The highest BCUT2D eigenvalue weighted by Gasteiger charge is 2.46. The zero-order valence-corrected chi connectivity index (χ0v) is 40.4. The fourth-order valence-electron chi connectivity index (χ4n) is 7.39. The third-order valence-corrected chi connectivity index (χ3v) is 13.8. The van der Waals surface area contributed by atoms with E-state index in [0.29, 0.717) is 25.0 Å². The number of phosphoric ester groups is 2. The van der Waals surface area contributed by atoms with E-state index in [-0.39, 0.29) is 18.7 Å². The molecule has 2 saturated heterocycles. The molecule has 1 aromatic rings. The lowest BCUT2D eigenvalue weighted by molar-refractivity contribution is -0.161. The van der Waals surface area contributed by atoms with Gasteiger partial charge in [-0.3, -0.25) is 23.2 Å². The van der Waals surface area contributed by atoms with Crippen LogP contribution in [0.1, 0.15) is 168 Å². The first kappa shape index (κ1) is 56.8. The quantitative estimate of drug-likeness (QED) is 0.0140. The first-order valence-corrected chi connectivity index (χ1v) is 26.7. The molecule has 6 N–H and O–H groups in total. The Bertz CT molecular complexity index is 1720. The normalized spacial score (nSPS) is 23.1. The molecule has 2 fully saturated rings. The van der Waals surface area contributed by atoms with E-state index in [4.69, 9.17) is 33.7 Å². The maximum atomic E-state index is 12.8. The number of rotatable bonds is 37. The van der Waals surface area contributed by atoms with Gasteiger partial charge in [0.2, 0.25) is 0 Å². The zero-order chi connectivity index (χ0) is 47.7. The second kappa shape index (κ2) is 30.8. The molecule has 19 nitrogen and oxygen atoms in total. The lowest BCUT2D eigenvalue weighted by atomic mass is 10.0. The molecule has 3 rings (SSSR count).